The largest absolute Gasteiger partial charge is 0.452 e. The van der Waals surface area contributed by atoms with Gasteiger partial charge in [-0.15, -0.1) is 0 Å². The number of esters is 1. The average molecular weight is 399 g/mol. The first-order valence-corrected chi connectivity index (χ1v) is 9.22. The van der Waals surface area contributed by atoms with E-state index in [9.17, 15) is 14.0 Å². The van der Waals surface area contributed by atoms with E-state index in [-0.39, 0.29) is 12.2 Å². The summed E-state index contributed by atoms with van der Waals surface area (Å²) in [5.41, 5.74) is 3.00. The second kappa shape index (κ2) is 8.76. The highest BCUT2D eigenvalue weighted by Crippen LogP contribution is 2.14. The van der Waals surface area contributed by atoms with Gasteiger partial charge in [0.25, 0.3) is 11.7 Å². The van der Waals surface area contributed by atoms with Crippen LogP contribution in [0.25, 0.3) is 5.78 Å². The predicted octanol–water partition coefficient (Wildman–Crippen LogP) is 1.71. The molecule has 1 atom stereocenters. The van der Waals surface area contributed by atoms with Crippen molar-refractivity contribution in [3.63, 3.8) is 0 Å². The Kier molecular flexibility index (Phi) is 6.16. The molecule has 29 heavy (non-hydrogen) atoms. The van der Waals surface area contributed by atoms with Crippen LogP contribution in [0.5, 0.6) is 0 Å². The third kappa shape index (κ3) is 4.92. The number of benzene rings is 1. The molecule has 3 rings (SSSR count). The SMILES string of the molecule is Cc1nc2ncnn2c(C)c1CC(=O)O[C@@H](C)C(=O)NCCc1ccc(F)cc1. The molecule has 3 aromatic rings. The Morgan fingerprint density at radius 2 is 1.97 bits per heavy atom. The maximum Gasteiger partial charge on any atom is 0.311 e. The minimum atomic E-state index is -0.931. The molecule has 0 saturated carbocycles. The van der Waals surface area contributed by atoms with Gasteiger partial charge in [0, 0.05) is 23.5 Å². The highest BCUT2D eigenvalue weighted by molar-refractivity contribution is 5.84. The molecule has 0 saturated heterocycles. The van der Waals surface area contributed by atoms with Crippen molar-refractivity contribution in [3.05, 3.63) is 58.9 Å². The van der Waals surface area contributed by atoms with Crippen molar-refractivity contribution in [2.24, 2.45) is 0 Å². The number of amides is 1. The average Bonchev–Trinajstić information content (AvgIpc) is 3.15. The molecule has 2 aromatic heterocycles. The van der Waals surface area contributed by atoms with Crippen LogP contribution < -0.4 is 5.32 Å². The topological polar surface area (TPSA) is 98.5 Å². The number of carbonyl (C=O) groups excluding carboxylic acids is 2. The zero-order valence-corrected chi connectivity index (χ0v) is 16.5. The first-order chi connectivity index (χ1) is 13.8. The molecular formula is C20H22FN5O3. The fraction of sp³-hybridized carbons (Fsp3) is 0.350. The summed E-state index contributed by atoms with van der Waals surface area (Å²) < 4.78 is 19.7. The van der Waals surface area contributed by atoms with E-state index < -0.39 is 18.0 Å². The number of nitrogens with one attached hydrogen (secondary N) is 1. The highest BCUT2D eigenvalue weighted by Gasteiger charge is 2.20. The van der Waals surface area contributed by atoms with Gasteiger partial charge in [0.2, 0.25) is 0 Å². The third-order valence-electron chi connectivity index (χ3n) is 4.61. The number of aromatic nitrogens is 4. The van der Waals surface area contributed by atoms with Crippen LogP contribution in [0.15, 0.2) is 30.6 Å². The molecule has 0 aliphatic carbocycles. The number of carbonyl (C=O) groups is 2. The molecular weight excluding hydrogens is 377 g/mol. The Balaban J connectivity index is 1.52. The Labute approximate surface area is 167 Å². The van der Waals surface area contributed by atoms with Gasteiger partial charge in [0.15, 0.2) is 6.10 Å². The van der Waals surface area contributed by atoms with E-state index in [0.717, 1.165) is 11.3 Å². The fourth-order valence-electron chi connectivity index (χ4n) is 2.97. The summed E-state index contributed by atoms with van der Waals surface area (Å²) in [5, 5.41) is 6.80. The van der Waals surface area contributed by atoms with Gasteiger partial charge in [-0.25, -0.2) is 13.9 Å². The van der Waals surface area contributed by atoms with Crippen LogP contribution in [-0.2, 0) is 27.2 Å². The van der Waals surface area contributed by atoms with Gasteiger partial charge in [-0.2, -0.15) is 10.1 Å². The zero-order valence-electron chi connectivity index (χ0n) is 16.5. The normalized spacial score (nSPS) is 12.0. The molecule has 0 aliphatic rings. The van der Waals surface area contributed by atoms with Crippen molar-refractivity contribution in [2.45, 2.75) is 39.7 Å². The minimum absolute atomic E-state index is 0.0202. The molecule has 0 fully saturated rings. The van der Waals surface area contributed by atoms with Gasteiger partial charge in [-0.1, -0.05) is 12.1 Å². The molecule has 0 bridgehead atoms. The number of ether oxygens (including phenoxy) is 1. The van der Waals surface area contributed by atoms with Crippen LogP contribution in [0.3, 0.4) is 0 Å². The van der Waals surface area contributed by atoms with Gasteiger partial charge in [0.05, 0.1) is 6.42 Å². The lowest BCUT2D eigenvalue weighted by molar-refractivity contribution is -0.154. The van der Waals surface area contributed by atoms with E-state index in [4.69, 9.17) is 4.74 Å². The lowest BCUT2D eigenvalue weighted by Gasteiger charge is -2.15. The first kappa shape index (κ1) is 20.4. The summed E-state index contributed by atoms with van der Waals surface area (Å²) in [6.07, 6.45) is 0.997. The van der Waals surface area contributed by atoms with Crippen LogP contribution in [0.4, 0.5) is 4.39 Å². The first-order valence-electron chi connectivity index (χ1n) is 9.22. The number of fused-ring (bicyclic) bond motifs is 1. The molecule has 1 amide bonds. The molecule has 9 heteroatoms. The van der Waals surface area contributed by atoms with Crippen molar-refractivity contribution in [1.82, 2.24) is 24.9 Å². The van der Waals surface area contributed by atoms with Crippen molar-refractivity contribution in [2.75, 3.05) is 6.54 Å². The van der Waals surface area contributed by atoms with Gasteiger partial charge in [0.1, 0.15) is 12.1 Å². The van der Waals surface area contributed by atoms with Crippen molar-refractivity contribution < 1.29 is 18.7 Å². The molecule has 1 N–H and O–H groups in total. The van der Waals surface area contributed by atoms with Crippen molar-refractivity contribution in [1.29, 1.82) is 0 Å². The highest BCUT2D eigenvalue weighted by atomic mass is 19.1. The molecule has 0 spiro atoms. The molecule has 0 radical (unpaired) electrons. The zero-order chi connectivity index (χ0) is 21.0. The number of hydrogen-bond donors (Lipinski definition) is 1. The van der Waals surface area contributed by atoms with Crippen LogP contribution in [0.1, 0.15) is 29.4 Å². The van der Waals surface area contributed by atoms with E-state index in [1.165, 1.54) is 25.4 Å². The van der Waals surface area contributed by atoms with E-state index in [1.807, 2.05) is 6.92 Å². The summed E-state index contributed by atoms with van der Waals surface area (Å²) in [7, 11) is 0. The van der Waals surface area contributed by atoms with Crippen LogP contribution in [0.2, 0.25) is 0 Å². The standard InChI is InChI=1S/C20H22FN5O3/c1-12-17(13(2)26-20(25-12)23-11-24-26)10-18(27)29-14(3)19(28)22-9-8-15-4-6-16(21)7-5-15/h4-7,11,14H,8-10H2,1-3H3,(H,22,28)/t14-/m0/s1. The molecule has 0 unspecified atom stereocenters. The van der Waals surface area contributed by atoms with Gasteiger partial charge in [-0.3, -0.25) is 9.59 Å². The fourth-order valence-corrected chi connectivity index (χ4v) is 2.97. The number of rotatable bonds is 7. The van der Waals surface area contributed by atoms with Crippen molar-refractivity contribution >= 4 is 17.7 Å². The maximum atomic E-state index is 12.9. The third-order valence-corrected chi connectivity index (χ3v) is 4.61. The number of nitrogens with zero attached hydrogens (tertiary/aromatic N) is 4. The molecule has 1 aromatic carbocycles. The predicted molar refractivity (Wildman–Crippen MR) is 103 cm³/mol. The second-order valence-corrected chi connectivity index (χ2v) is 6.71. The Morgan fingerprint density at radius 3 is 2.69 bits per heavy atom. The van der Waals surface area contributed by atoms with Gasteiger partial charge in [-0.05, 0) is 44.9 Å². The van der Waals surface area contributed by atoms with E-state index in [2.05, 4.69) is 20.4 Å². The van der Waals surface area contributed by atoms with Crippen LogP contribution >= 0.6 is 0 Å². The monoisotopic (exact) mass is 399 g/mol. The van der Waals surface area contributed by atoms with Gasteiger partial charge >= 0.3 is 5.97 Å². The summed E-state index contributed by atoms with van der Waals surface area (Å²) in [4.78, 5) is 32.8. The Bertz CT molecular complexity index is 1030. The second-order valence-electron chi connectivity index (χ2n) is 6.71. The number of aryl methyl sites for hydroxylation is 2. The number of hydrogen-bond acceptors (Lipinski definition) is 6. The summed E-state index contributed by atoms with van der Waals surface area (Å²) in [6, 6.07) is 6.07. The Morgan fingerprint density at radius 1 is 1.24 bits per heavy atom. The smallest absolute Gasteiger partial charge is 0.311 e. The quantitative estimate of drug-likeness (QED) is 0.608. The van der Waals surface area contributed by atoms with E-state index >= 15 is 0 Å². The van der Waals surface area contributed by atoms with E-state index in [0.29, 0.717) is 30.0 Å². The molecule has 8 nitrogen and oxygen atoms in total. The van der Waals surface area contributed by atoms with Gasteiger partial charge < -0.3 is 10.1 Å². The summed E-state index contributed by atoms with van der Waals surface area (Å²) in [6.45, 7) is 5.49. The lowest BCUT2D eigenvalue weighted by atomic mass is 10.1. The van der Waals surface area contributed by atoms with Crippen molar-refractivity contribution in [3.8, 4) is 0 Å². The lowest BCUT2D eigenvalue weighted by Crippen LogP contribution is -2.37. The summed E-state index contributed by atoms with van der Waals surface area (Å²) >= 11 is 0. The maximum absolute atomic E-state index is 12.9. The minimum Gasteiger partial charge on any atom is -0.452 e. The number of halogens is 1. The molecule has 152 valence electrons. The molecule has 0 aliphatic heterocycles. The molecule has 2 heterocycles. The van der Waals surface area contributed by atoms with E-state index in [1.54, 1.807) is 23.6 Å². The van der Waals surface area contributed by atoms with Crippen LogP contribution in [-0.4, -0.2) is 44.1 Å². The Hall–Kier alpha value is -3.36. The van der Waals surface area contributed by atoms with Crippen LogP contribution in [0, 0.1) is 19.7 Å². The summed E-state index contributed by atoms with van der Waals surface area (Å²) in [5.74, 6) is -0.759.